The summed E-state index contributed by atoms with van der Waals surface area (Å²) in [7, 11) is 0. The van der Waals surface area contributed by atoms with Crippen molar-refractivity contribution in [3.8, 4) is 0 Å². The number of esters is 1. The predicted octanol–water partition coefficient (Wildman–Crippen LogP) is 5.17. The monoisotopic (exact) mass is 404 g/mol. The van der Waals surface area contributed by atoms with Crippen molar-refractivity contribution in [1.29, 1.82) is 0 Å². The van der Waals surface area contributed by atoms with Gasteiger partial charge in [-0.2, -0.15) is 13.2 Å². The Hall–Kier alpha value is -2.16. The highest BCUT2D eigenvalue weighted by molar-refractivity contribution is 5.70. The van der Waals surface area contributed by atoms with Crippen LogP contribution >= 0.6 is 0 Å². The van der Waals surface area contributed by atoms with E-state index in [0.717, 1.165) is 50.7 Å². The quantitative estimate of drug-likeness (QED) is 0.372. The van der Waals surface area contributed by atoms with Gasteiger partial charge in [0.05, 0.1) is 12.2 Å². The average Bonchev–Trinajstić information content (AvgIpc) is 2.68. The Kier molecular flexibility index (Phi) is 10.5. The zero-order valence-corrected chi connectivity index (χ0v) is 15.9. The minimum Gasteiger partial charge on any atom is -0.464 e. The van der Waals surface area contributed by atoms with Crippen LogP contribution in [0, 0.1) is 4.91 Å². The van der Waals surface area contributed by atoms with E-state index in [0.29, 0.717) is 12.3 Å². The second-order valence-corrected chi connectivity index (χ2v) is 6.53. The number of anilines is 1. The number of alkyl halides is 3. The molecule has 1 saturated carbocycles. The number of nitroso groups, excluding NO2 is 1. The highest BCUT2D eigenvalue weighted by Gasteiger charge is 2.34. The number of rotatable bonds is 7. The number of ether oxygens (including phenoxy) is 1. The fourth-order valence-corrected chi connectivity index (χ4v) is 2.79. The molecule has 1 aliphatic carbocycles. The standard InChI is InChI=1S/C13H15F3N2O.C6H12O3/c14-13(15,16)11-8-10(6-7-12(11)18-19)17-9-4-2-1-3-5-9;1-2-3-4-9-6(8)5-7/h6-9,17H,1-5H2;7H,2-5H2,1H3. The summed E-state index contributed by atoms with van der Waals surface area (Å²) >= 11 is 0. The number of aliphatic hydroxyl groups excluding tert-OH is 1. The van der Waals surface area contributed by atoms with Gasteiger partial charge in [0.15, 0.2) is 0 Å². The number of nitrogens with zero attached hydrogens (tertiary/aromatic N) is 1. The van der Waals surface area contributed by atoms with Crippen molar-refractivity contribution in [3.63, 3.8) is 0 Å². The van der Waals surface area contributed by atoms with Crippen molar-refractivity contribution >= 4 is 17.3 Å². The number of hydrogen-bond donors (Lipinski definition) is 2. The molecule has 0 aliphatic heterocycles. The number of carbonyl (C=O) groups is 1. The maximum absolute atomic E-state index is 12.8. The summed E-state index contributed by atoms with van der Waals surface area (Å²) in [6.45, 7) is 1.92. The summed E-state index contributed by atoms with van der Waals surface area (Å²) in [6.07, 6.45) is 2.61. The van der Waals surface area contributed by atoms with Gasteiger partial charge in [0.25, 0.3) is 0 Å². The van der Waals surface area contributed by atoms with E-state index in [9.17, 15) is 22.9 Å². The van der Waals surface area contributed by atoms with E-state index in [-0.39, 0.29) is 6.04 Å². The van der Waals surface area contributed by atoms with Gasteiger partial charge in [-0.05, 0) is 42.6 Å². The zero-order chi connectivity index (χ0) is 21.0. The molecule has 1 fully saturated rings. The van der Waals surface area contributed by atoms with Crippen LogP contribution in [0.2, 0.25) is 0 Å². The molecule has 9 heteroatoms. The minimum absolute atomic E-state index is 0.213. The summed E-state index contributed by atoms with van der Waals surface area (Å²) in [6, 6.07) is 3.76. The first kappa shape index (κ1) is 23.9. The van der Waals surface area contributed by atoms with Gasteiger partial charge in [0.1, 0.15) is 12.3 Å². The molecule has 0 aromatic heterocycles. The third-order valence-electron chi connectivity index (χ3n) is 4.27. The molecule has 0 heterocycles. The third kappa shape index (κ3) is 8.69. The lowest BCUT2D eigenvalue weighted by Crippen LogP contribution is -2.22. The van der Waals surface area contributed by atoms with Gasteiger partial charge in [0, 0.05) is 11.7 Å². The van der Waals surface area contributed by atoms with Gasteiger partial charge < -0.3 is 15.2 Å². The molecule has 6 nitrogen and oxygen atoms in total. The summed E-state index contributed by atoms with van der Waals surface area (Å²) in [5, 5.41) is 13.7. The van der Waals surface area contributed by atoms with Gasteiger partial charge in [-0.1, -0.05) is 32.6 Å². The predicted molar refractivity (Wildman–Crippen MR) is 100 cm³/mol. The number of carbonyl (C=O) groups excluding carboxylic acids is 1. The summed E-state index contributed by atoms with van der Waals surface area (Å²) < 4.78 is 42.8. The van der Waals surface area contributed by atoms with Crippen LogP contribution in [0.3, 0.4) is 0 Å². The Morgan fingerprint density at radius 3 is 2.50 bits per heavy atom. The third-order valence-corrected chi connectivity index (χ3v) is 4.27. The van der Waals surface area contributed by atoms with Crippen LogP contribution in [0.15, 0.2) is 23.4 Å². The van der Waals surface area contributed by atoms with E-state index in [1.165, 1.54) is 12.5 Å². The lowest BCUT2D eigenvalue weighted by Gasteiger charge is -2.24. The van der Waals surface area contributed by atoms with Crippen LogP contribution in [0.1, 0.15) is 57.4 Å². The van der Waals surface area contributed by atoms with Crippen molar-refractivity contribution in [2.24, 2.45) is 5.18 Å². The van der Waals surface area contributed by atoms with E-state index in [2.05, 4.69) is 15.2 Å². The second-order valence-electron chi connectivity index (χ2n) is 6.53. The zero-order valence-electron chi connectivity index (χ0n) is 15.9. The van der Waals surface area contributed by atoms with Gasteiger partial charge in [-0.3, -0.25) is 0 Å². The number of unbranched alkanes of at least 4 members (excludes halogenated alkanes) is 1. The molecule has 0 atom stereocenters. The number of benzene rings is 1. The average molecular weight is 404 g/mol. The van der Waals surface area contributed by atoms with E-state index >= 15 is 0 Å². The van der Waals surface area contributed by atoms with Crippen LogP contribution in [-0.2, 0) is 15.7 Å². The first-order valence-corrected chi connectivity index (χ1v) is 9.39. The molecular weight excluding hydrogens is 377 g/mol. The maximum atomic E-state index is 12.8. The van der Waals surface area contributed by atoms with Crippen molar-refractivity contribution < 1.29 is 27.8 Å². The molecule has 158 valence electrons. The molecule has 2 N–H and O–H groups in total. The molecule has 0 spiro atoms. The molecule has 0 bridgehead atoms. The lowest BCUT2D eigenvalue weighted by molar-refractivity contribution is -0.147. The molecule has 2 rings (SSSR count). The van der Waals surface area contributed by atoms with E-state index in [4.69, 9.17) is 5.11 Å². The van der Waals surface area contributed by atoms with Crippen molar-refractivity contribution in [2.45, 2.75) is 64.1 Å². The van der Waals surface area contributed by atoms with Crippen molar-refractivity contribution in [2.75, 3.05) is 18.5 Å². The smallest absolute Gasteiger partial charge is 0.418 e. The van der Waals surface area contributed by atoms with Crippen LogP contribution in [0.25, 0.3) is 0 Å². The van der Waals surface area contributed by atoms with Gasteiger partial charge in [-0.15, -0.1) is 4.91 Å². The summed E-state index contributed by atoms with van der Waals surface area (Å²) in [4.78, 5) is 20.6. The number of halogens is 3. The molecule has 1 aromatic carbocycles. The maximum Gasteiger partial charge on any atom is 0.418 e. The SMILES string of the molecule is CCCCOC(=O)CO.O=Nc1ccc(NC2CCCCC2)cc1C(F)(F)F. The minimum atomic E-state index is -4.56. The molecule has 1 aromatic rings. The molecular formula is C19H27F3N2O4. The number of nitrogens with one attached hydrogen (secondary N) is 1. The van der Waals surface area contributed by atoms with Crippen LogP contribution < -0.4 is 5.32 Å². The molecule has 0 radical (unpaired) electrons. The van der Waals surface area contributed by atoms with E-state index in [1.54, 1.807) is 0 Å². The Balaban J connectivity index is 0.000000370. The number of hydrogen-bond acceptors (Lipinski definition) is 6. The summed E-state index contributed by atoms with van der Waals surface area (Å²) in [5.74, 6) is -0.538. The normalized spacial score (nSPS) is 14.6. The van der Waals surface area contributed by atoms with E-state index in [1.807, 2.05) is 6.92 Å². The largest absolute Gasteiger partial charge is 0.464 e. The number of aliphatic hydroxyl groups is 1. The second kappa shape index (κ2) is 12.3. The van der Waals surface area contributed by atoms with E-state index < -0.39 is 30.0 Å². The van der Waals surface area contributed by atoms with Crippen LogP contribution in [0.5, 0.6) is 0 Å². The molecule has 0 unspecified atom stereocenters. The fraction of sp³-hybridized carbons (Fsp3) is 0.632. The first-order chi connectivity index (χ1) is 13.3. The topological polar surface area (TPSA) is 88.0 Å². The Labute approximate surface area is 162 Å². The Bertz CT molecular complexity index is 618. The van der Waals surface area contributed by atoms with Gasteiger partial charge in [0.2, 0.25) is 0 Å². The molecule has 1 aliphatic rings. The van der Waals surface area contributed by atoms with Crippen molar-refractivity contribution in [1.82, 2.24) is 0 Å². The summed E-state index contributed by atoms with van der Waals surface area (Å²) in [5.41, 5.74) is -1.16. The molecule has 28 heavy (non-hydrogen) atoms. The highest BCUT2D eigenvalue weighted by Crippen LogP contribution is 2.38. The first-order valence-electron chi connectivity index (χ1n) is 9.39. The van der Waals surface area contributed by atoms with Gasteiger partial charge in [-0.25, -0.2) is 4.79 Å². The molecule has 0 saturated heterocycles. The fourth-order valence-electron chi connectivity index (χ4n) is 2.79. The van der Waals surface area contributed by atoms with Crippen LogP contribution in [0.4, 0.5) is 24.5 Å². The van der Waals surface area contributed by atoms with Gasteiger partial charge >= 0.3 is 12.1 Å². The Morgan fingerprint density at radius 2 is 1.96 bits per heavy atom. The Morgan fingerprint density at radius 1 is 1.29 bits per heavy atom. The molecule has 0 amide bonds. The lowest BCUT2D eigenvalue weighted by atomic mass is 9.95. The van der Waals surface area contributed by atoms with Crippen molar-refractivity contribution in [3.05, 3.63) is 28.7 Å². The van der Waals surface area contributed by atoms with Crippen LogP contribution in [-0.4, -0.2) is 30.3 Å². The highest BCUT2D eigenvalue weighted by atomic mass is 19.4.